The summed E-state index contributed by atoms with van der Waals surface area (Å²) in [6, 6.07) is 6.82. The molecule has 0 aliphatic heterocycles. The van der Waals surface area contributed by atoms with Crippen LogP contribution in [0.2, 0.25) is 0 Å². The van der Waals surface area contributed by atoms with E-state index in [0.717, 1.165) is 43.2 Å². The zero-order chi connectivity index (χ0) is 25.0. The van der Waals surface area contributed by atoms with Crippen LogP contribution in [0.4, 0.5) is 4.79 Å². The number of benzene rings is 1. The van der Waals surface area contributed by atoms with E-state index in [0.29, 0.717) is 6.54 Å². The average molecular weight is 462 g/mol. The number of amides is 3. The number of carbonyl (C=O) groups excluding carboxylic acids is 3. The van der Waals surface area contributed by atoms with Gasteiger partial charge in [-0.2, -0.15) is 0 Å². The number of nitrogens with one attached hydrogen (secondary N) is 2. The van der Waals surface area contributed by atoms with E-state index in [1.807, 2.05) is 45.0 Å². The van der Waals surface area contributed by atoms with Crippen LogP contribution in [-0.2, 0) is 14.3 Å². The van der Waals surface area contributed by atoms with Crippen molar-refractivity contribution in [3.8, 4) is 0 Å². The number of carbonyl (C=O) groups is 3. The number of hydrogen-bond acceptors (Lipinski definition) is 4. The van der Waals surface area contributed by atoms with Crippen LogP contribution in [0, 0.1) is 6.92 Å². The molecule has 1 unspecified atom stereocenters. The van der Waals surface area contributed by atoms with E-state index in [-0.39, 0.29) is 24.4 Å². The minimum atomic E-state index is -0.772. The first-order chi connectivity index (χ1) is 15.4. The maximum absolute atomic E-state index is 13.3. The van der Waals surface area contributed by atoms with Gasteiger partial charge in [0.15, 0.2) is 0 Å². The van der Waals surface area contributed by atoms with Gasteiger partial charge in [0.2, 0.25) is 11.8 Å². The highest BCUT2D eigenvalue weighted by atomic mass is 16.6. The Morgan fingerprint density at radius 1 is 1.06 bits per heavy atom. The Labute approximate surface area is 199 Å². The minimum absolute atomic E-state index is 0.0637. The third-order valence-corrected chi connectivity index (χ3v) is 4.95. The maximum Gasteiger partial charge on any atom is 0.408 e. The van der Waals surface area contributed by atoms with E-state index in [4.69, 9.17) is 4.74 Å². The Bertz CT molecular complexity index is 771. The van der Waals surface area contributed by atoms with Crippen LogP contribution < -0.4 is 10.6 Å². The van der Waals surface area contributed by atoms with Crippen molar-refractivity contribution in [3.63, 3.8) is 0 Å². The summed E-state index contributed by atoms with van der Waals surface area (Å²) in [5, 5.41) is 5.50. The Morgan fingerprint density at radius 3 is 2.30 bits per heavy atom. The van der Waals surface area contributed by atoms with Gasteiger partial charge in [0.25, 0.3) is 0 Å². The fourth-order valence-corrected chi connectivity index (χ4v) is 3.52. The van der Waals surface area contributed by atoms with Crippen LogP contribution in [0.5, 0.6) is 0 Å². The van der Waals surface area contributed by atoms with Gasteiger partial charge in [-0.3, -0.25) is 9.59 Å². The Balaban J connectivity index is 3.14. The standard InChI is InChI=1S/C26H43N3O4/c1-8-9-10-11-12-16-29(22(30)18-27-25(32)33-26(5,6)7)23(24(31)28-19(2)3)21-15-13-14-20(4)17-21/h13-15,17,19,23H,8-12,16,18H2,1-7H3,(H,27,32)(H,28,31). The van der Waals surface area contributed by atoms with Crippen molar-refractivity contribution in [3.05, 3.63) is 35.4 Å². The second-order valence-electron chi connectivity index (χ2n) is 9.84. The Kier molecular flexibility index (Phi) is 12.0. The smallest absolute Gasteiger partial charge is 0.408 e. The number of aryl methyl sites for hydroxylation is 1. The van der Waals surface area contributed by atoms with Crippen molar-refractivity contribution in [2.45, 2.75) is 98.3 Å². The van der Waals surface area contributed by atoms with Gasteiger partial charge in [0.05, 0.1) is 0 Å². The molecule has 1 rings (SSSR count). The molecule has 0 radical (unpaired) electrons. The van der Waals surface area contributed by atoms with Gasteiger partial charge in [0, 0.05) is 12.6 Å². The van der Waals surface area contributed by atoms with Gasteiger partial charge in [-0.1, -0.05) is 62.4 Å². The molecule has 0 fully saturated rings. The van der Waals surface area contributed by atoms with Crippen LogP contribution >= 0.6 is 0 Å². The Hall–Kier alpha value is -2.57. The van der Waals surface area contributed by atoms with Crippen LogP contribution in [-0.4, -0.2) is 47.5 Å². The molecule has 7 nitrogen and oxygen atoms in total. The van der Waals surface area contributed by atoms with Crippen LogP contribution in [0.1, 0.15) is 90.8 Å². The lowest BCUT2D eigenvalue weighted by atomic mass is 10.0. The van der Waals surface area contributed by atoms with Crippen molar-refractivity contribution in [1.29, 1.82) is 0 Å². The first kappa shape index (κ1) is 28.5. The highest BCUT2D eigenvalue weighted by Crippen LogP contribution is 2.24. The summed E-state index contributed by atoms with van der Waals surface area (Å²) >= 11 is 0. The molecule has 0 bridgehead atoms. The monoisotopic (exact) mass is 461 g/mol. The molecule has 1 aromatic carbocycles. The molecule has 2 N–H and O–H groups in total. The zero-order valence-electron chi connectivity index (χ0n) is 21.5. The van der Waals surface area contributed by atoms with E-state index in [1.54, 1.807) is 25.7 Å². The Morgan fingerprint density at radius 2 is 1.73 bits per heavy atom. The summed E-state index contributed by atoms with van der Waals surface area (Å²) in [7, 11) is 0. The summed E-state index contributed by atoms with van der Waals surface area (Å²) in [6.07, 6.45) is 4.47. The lowest BCUT2D eigenvalue weighted by molar-refractivity contribution is -0.140. The molecule has 0 aliphatic rings. The van der Waals surface area contributed by atoms with Crippen molar-refractivity contribution in [2.75, 3.05) is 13.1 Å². The number of ether oxygens (including phenoxy) is 1. The van der Waals surface area contributed by atoms with Gasteiger partial charge < -0.3 is 20.3 Å². The van der Waals surface area contributed by atoms with E-state index in [9.17, 15) is 14.4 Å². The first-order valence-corrected chi connectivity index (χ1v) is 12.1. The lowest BCUT2D eigenvalue weighted by Crippen LogP contribution is -2.49. The number of alkyl carbamates (subject to hydrolysis) is 1. The average Bonchev–Trinajstić information content (AvgIpc) is 2.69. The molecule has 0 spiro atoms. The quantitative estimate of drug-likeness (QED) is 0.434. The van der Waals surface area contributed by atoms with E-state index in [1.165, 1.54) is 0 Å². The molecule has 0 saturated carbocycles. The van der Waals surface area contributed by atoms with Gasteiger partial charge in [0.1, 0.15) is 18.2 Å². The summed E-state index contributed by atoms with van der Waals surface area (Å²) in [5.74, 6) is -0.545. The molecule has 33 heavy (non-hydrogen) atoms. The third-order valence-electron chi connectivity index (χ3n) is 4.95. The molecule has 186 valence electrons. The van der Waals surface area contributed by atoms with Gasteiger partial charge >= 0.3 is 6.09 Å². The highest BCUT2D eigenvalue weighted by molar-refractivity contribution is 5.90. The fraction of sp³-hybridized carbons (Fsp3) is 0.654. The molecule has 0 aromatic heterocycles. The minimum Gasteiger partial charge on any atom is -0.444 e. The molecular formula is C26H43N3O4. The summed E-state index contributed by atoms with van der Waals surface area (Å²) in [5.41, 5.74) is 1.11. The van der Waals surface area contributed by atoms with Gasteiger partial charge in [-0.15, -0.1) is 0 Å². The van der Waals surface area contributed by atoms with Crippen molar-refractivity contribution in [2.24, 2.45) is 0 Å². The predicted octanol–water partition coefficient (Wildman–Crippen LogP) is 4.88. The highest BCUT2D eigenvalue weighted by Gasteiger charge is 2.32. The van der Waals surface area contributed by atoms with Gasteiger partial charge in [-0.25, -0.2) is 4.79 Å². The largest absolute Gasteiger partial charge is 0.444 e. The topological polar surface area (TPSA) is 87.7 Å². The predicted molar refractivity (Wildman–Crippen MR) is 132 cm³/mol. The molecule has 1 atom stereocenters. The summed E-state index contributed by atoms with van der Waals surface area (Å²) in [4.78, 5) is 40.2. The second-order valence-corrected chi connectivity index (χ2v) is 9.84. The van der Waals surface area contributed by atoms with Crippen LogP contribution in [0.25, 0.3) is 0 Å². The first-order valence-electron chi connectivity index (χ1n) is 12.1. The summed E-state index contributed by atoms with van der Waals surface area (Å²) in [6.45, 7) is 13.4. The van der Waals surface area contributed by atoms with Crippen molar-refractivity contribution in [1.82, 2.24) is 15.5 Å². The van der Waals surface area contributed by atoms with Crippen LogP contribution in [0.3, 0.4) is 0 Å². The molecule has 0 aliphatic carbocycles. The van der Waals surface area contributed by atoms with Gasteiger partial charge in [-0.05, 0) is 53.5 Å². The molecule has 0 heterocycles. The second kappa shape index (κ2) is 13.9. The maximum atomic E-state index is 13.3. The van der Waals surface area contributed by atoms with E-state index < -0.39 is 17.7 Å². The number of rotatable bonds is 12. The number of hydrogen-bond donors (Lipinski definition) is 2. The van der Waals surface area contributed by atoms with E-state index in [2.05, 4.69) is 17.6 Å². The summed E-state index contributed by atoms with van der Waals surface area (Å²) < 4.78 is 5.25. The molecule has 1 aromatic rings. The SMILES string of the molecule is CCCCCCCN(C(=O)CNC(=O)OC(C)(C)C)C(C(=O)NC(C)C)c1cccc(C)c1. The molecular weight excluding hydrogens is 418 g/mol. The normalized spacial score (nSPS) is 12.2. The lowest BCUT2D eigenvalue weighted by Gasteiger charge is -2.32. The zero-order valence-corrected chi connectivity index (χ0v) is 21.5. The van der Waals surface area contributed by atoms with Crippen molar-refractivity contribution < 1.29 is 19.1 Å². The van der Waals surface area contributed by atoms with E-state index >= 15 is 0 Å². The molecule has 0 saturated heterocycles. The fourth-order valence-electron chi connectivity index (χ4n) is 3.52. The number of unbranched alkanes of at least 4 members (excludes halogenated alkanes) is 4. The molecule has 3 amide bonds. The number of nitrogens with zero attached hydrogens (tertiary/aromatic N) is 1. The van der Waals surface area contributed by atoms with Crippen LogP contribution in [0.15, 0.2) is 24.3 Å². The third kappa shape index (κ3) is 11.2. The molecule has 7 heteroatoms. The van der Waals surface area contributed by atoms with Crippen molar-refractivity contribution >= 4 is 17.9 Å².